The molecule has 5 heterocycles. The van der Waals surface area contributed by atoms with Crippen LogP contribution in [0, 0.1) is 12.7 Å². The summed E-state index contributed by atoms with van der Waals surface area (Å²) in [4.78, 5) is 32.2. The number of carbonyl (C=O) groups is 1. The Kier molecular flexibility index (Phi) is 3.65. The Morgan fingerprint density at radius 3 is 2.78 bits per heavy atom. The molecule has 32 heavy (non-hydrogen) atoms. The standard InChI is InChI=1S/C23H20FN3O5/c1-4-23(30)13-5-16-18-11(7-27(16)21(28)12(13)8-31-22(23)29)10(2)17-15(25-18)6-14(24)20-19(17)26(3)9-32-20/h5-6,30H,4,7-9H2,1-3H3/t23-/m0/s1. The number of halogens is 1. The van der Waals surface area contributed by atoms with Crippen molar-refractivity contribution in [1.82, 2.24) is 9.55 Å². The van der Waals surface area contributed by atoms with Gasteiger partial charge in [-0.25, -0.2) is 14.2 Å². The van der Waals surface area contributed by atoms with Gasteiger partial charge in [0.2, 0.25) is 0 Å². The highest BCUT2D eigenvalue weighted by atomic mass is 19.1. The minimum Gasteiger partial charge on any atom is -0.468 e. The van der Waals surface area contributed by atoms with Crippen LogP contribution in [-0.4, -0.2) is 34.4 Å². The van der Waals surface area contributed by atoms with Gasteiger partial charge in [-0.1, -0.05) is 6.92 Å². The van der Waals surface area contributed by atoms with Gasteiger partial charge in [-0.2, -0.15) is 0 Å². The Morgan fingerprint density at radius 2 is 2.03 bits per heavy atom. The number of hydrogen-bond acceptors (Lipinski definition) is 7. The number of anilines is 1. The molecule has 0 saturated carbocycles. The second-order valence-corrected chi connectivity index (χ2v) is 8.57. The number of ether oxygens (including phenoxy) is 2. The topological polar surface area (TPSA) is 93.9 Å². The first-order valence-corrected chi connectivity index (χ1v) is 10.4. The molecule has 3 aromatic rings. The van der Waals surface area contributed by atoms with E-state index in [-0.39, 0.29) is 42.2 Å². The Hall–Kier alpha value is -3.46. The summed E-state index contributed by atoms with van der Waals surface area (Å²) in [6.45, 7) is 3.95. The molecule has 0 fully saturated rings. The molecule has 0 amide bonds. The molecule has 6 rings (SSSR count). The molecule has 1 aromatic carbocycles. The summed E-state index contributed by atoms with van der Waals surface area (Å²) in [5, 5.41) is 11.8. The van der Waals surface area contributed by atoms with Gasteiger partial charge in [0.15, 0.2) is 23.9 Å². The average molecular weight is 437 g/mol. The quantitative estimate of drug-likeness (QED) is 0.457. The molecule has 8 nitrogen and oxygen atoms in total. The third-order valence-electron chi connectivity index (χ3n) is 6.92. The van der Waals surface area contributed by atoms with Crippen molar-refractivity contribution in [2.75, 3.05) is 18.7 Å². The van der Waals surface area contributed by atoms with Crippen LogP contribution < -0.4 is 15.2 Å². The number of hydrogen-bond donors (Lipinski definition) is 1. The van der Waals surface area contributed by atoms with E-state index in [0.29, 0.717) is 29.1 Å². The van der Waals surface area contributed by atoms with Gasteiger partial charge in [-0.05, 0) is 25.0 Å². The number of nitrogens with zero attached hydrogens (tertiary/aromatic N) is 3. The third-order valence-corrected chi connectivity index (χ3v) is 6.92. The third kappa shape index (κ3) is 2.16. The lowest BCUT2D eigenvalue weighted by Crippen LogP contribution is -2.44. The first-order chi connectivity index (χ1) is 15.3. The summed E-state index contributed by atoms with van der Waals surface area (Å²) in [5.74, 6) is -1.05. The Morgan fingerprint density at radius 1 is 1.25 bits per heavy atom. The zero-order valence-electron chi connectivity index (χ0n) is 17.8. The predicted molar refractivity (Wildman–Crippen MR) is 113 cm³/mol. The second kappa shape index (κ2) is 6.07. The minimum absolute atomic E-state index is 0.0719. The number of aromatic nitrogens is 2. The van der Waals surface area contributed by atoms with Gasteiger partial charge < -0.3 is 24.0 Å². The highest BCUT2D eigenvalue weighted by Gasteiger charge is 2.45. The molecule has 3 aliphatic rings. The van der Waals surface area contributed by atoms with Gasteiger partial charge in [0.05, 0.1) is 34.7 Å². The first-order valence-electron chi connectivity index (χ1n) is 10.4. The monoisotopic (exact) mass is 437 g/mol. The Bertz CT molecular complexity index is 1450. The highest BCUT2D eigenvalue weighted by Crippen LogP contribution is 2.46. The molecule has 0 saturated heterocycles. The number of aliphatic hydroxyl groups is 1. The minimum atomic E-state index is -1.88. The van der Waals surface area contributed by atoms with Crippen molar-refractivity contribution in [3.8, 4) is 17.1 Å². The molecule has 2 aromatic heterocycles. The molecule has 1 N–H and O–H groups in total. The van der Waals surface area contributed by atoms with Crippen LogP contribution in [0.25, 0.3) is 22.3 Å². The van der Waals surface area contributed by atoms with E-state index in [1.807, 2.05) is 18.9 Å². The van der Waals surface area contributed by atoms with Crippen LogP contribution >= 0.6 is 0 Å². The van der Waals surface area contributed by atoms with Crippen LogP contribution in [-0.2, 0) is 28.3 Å². The molecule has 0 unspecified atom stereocenters. The van der Waals surface area contributed by atoms with Crippen molar-refractivity contribution in [2.45, 2.75) is 39.0 Å². The number of carbonyl (C=O) groups excluding carboxylic acids is 1. The molecular weight excluding hydrogens is 417 g/mol. The number of benzene rings is 1. The summed E-state index contributed by atoms with van der Waals surface area (Å²) in [6, 6.07) is 3.00. The van der Waals surface area contributed by atoms with E-state index in [9.17, 15) is 19.1 Å². The van der Waals surface area contributed by atoms with Gasteiger partial charge in [-0.15, -0.1) is 0 Å². The van der Waals surface area contributed by atoms with Crippen molar-refractivity contribution >= 4 is 22.6 Å². The predicted octanol–water partition coefficient (Wildman–Crippen LogP) is 2.31. The fraction of sp³-hybridized carbons (Fsp3) is 0.348. The maximum atomic E-state index is 14.7. The number of aryl methyl sites for hydroxylation is 1. The van der Waals surface area contributed by atoms with Crippen molar-refractivity contribution in [3.63, 3.8) is 0 Å². The van der Waals surface area contributed by atoms with E-state index in [2.05, 4.69) is 0 Å². The van der Waals surface area contributed by atoms with E-state index in [1.54, 1.807) is 17.6 Å². The number of rotatable bonds is 1. The van der Waals surface area contributed by atoms with Gasteiger partial charge in [0.25, 0.3) is 5.56 Å². The van der Waals surface area contributed by atoms with E-state index in [4.69, 9.17) is 14.5 Å². The maximum Gasteiger partial charge on any atom is 0.343 e. The largest absolute Gasteiger partial charge is 0.468 e. The summed E-state index contributed by atoms with van der Waals surface area (Å²) in [5.41, 5.74) is 2.21. The van der Waals surface area contributed by atoms with Crippen LogP contribution in [0.5, 0.6) is 5.75 Å². The van der Waals surface area contributed by atoms with Crippen LogP contribution in [0.4, 0.5) is 10.1 Å². The van der Waals surface area contributed by atoms with E-state index in [1.165, 1.54) is 6.07 Å². The number of pyridine rings is 2. The van der Waals surface area contributed by atoms with Crippen molar-refractivity contribution in [1.29, 1.82) is 0 Å². The van der Waals surface area contributed by atoms with Gasteiger partial charge in [-0.3, -0.25) is 4.79 Å². The fourth-order valence-corrected chi connectivity index (χ4v) is 5.12. The molecule has 0 radical (unpaired) electrons. The molecular formula is C23H20FN3O5. The van der Waals surface area contributed by atoms with Crippen LogP contribution in [0.1, 0.15) is 35.6 Å². The fourth-order valence-electron chi connectivity index (χ4n) is 5.12. The molecule has 1 atom stereocenters. The Balaban J connectivity index is 1.66. The van der Waals surface area contributed by atoms with Gasteiger partial charge in [0.1, 0.15) is 6.61 Å². The summed E-state index contributed by atoms with van der Waals surface area (Å²) in [6.07, 6.45) is 0.0719. The van der Waals surface area contributed by atoms with Crippen molar-refractivity contribution in [2.24, 2.45) is 0 Å². The van der Waals surface area contributed by atoms with Gasteiger partial charge >= 0.3 is 5.97 Å². The molecule has 0 bridgehead atoms. The first kappa shape index (κ1) is 19.2. The van der Waals surface area contributed by atoms with Crippen molar-refractivity contribution < 1.29 is 23.8 Å². The van der Waals surface area contributed by atoms with Crippen LogP contribution in [0.15, 0.2) is 16.9 Å². The van der Waals surface area contributed by atoms with Crippen LogP contribution in [0.2, 0.25) is 0 Å². The normalized spacial score (nSPS) is 20.5. The summed E-state index contributed by atoms with van der Waals surface area (Å²) < 4.78 is 26.9. The zero-order chi connectivity index (χ0) is 22.5. The average Bonchev–Trinajstić information content (AvgIpc) is 3.33. The highest BCUT2D eigenvalue weighted by molar-refractivity contribution is 6.01. The SMILES string of the molecule is CC[C@@]1(O)C(=O)OCc2c1cc1n(c2=O)Cc2c-1nc1cc(F)c3c(c1c2C)N(C)CO3. The van der Waals surface area contributed by atoms with Crippen LogP contribution in [0.3, 0.4) is 0 Å². The molecule has 3 aliphatic heterocycles. The number of cyclic esters (lactones) is 1. The smallest absolute Gasteiger partial charge is 0.343 e. The molecule has 9 heteroatoms. The van der Waals surface area contributed by atoms with E-state index in [0.717, 1.165) is 16.5 Å². The lowest BCUT2D eigenvalue weighted by atomic mass is 9.86. The summed E-state index contributed by atoms with van der Waals surface area (Å²) >= 11 is 0. The van der Waals surface area contributed by atoms with Crippen molar-refractivity contribution in [3.05, 3.63) is 50.6 Å². The second-order valence-electron chi connectivity index (χ2n) is 8.57. The maximum absolute atomic E-state index is 14.7. The molecule has 0 aliphatic carbocycles. The summed E-state index contributed by atoms with van der Waals surface area (Å²) in [7, 11) is 1.83. The lowest BCUT2D eigenvalue weighted by Gasteiger charge is -2.31. The lowest BCUT2D eigenvalue weighted by molar-refractivity contribution is -0.172. The van der Waals surface area contributed by atoms with E-state index >= 15 is 0 Å². The zero-order valence-corrected chi connectivity index (χ0v) is 17.8. The molecule has 0 spiro atoms. The number of esters is 1. The van der Waals surface area contributed by atoms with E-state index < -0.39 is 17.4 Å². The molecule has 164 valence electrons. The number of fused-ring (bicyclic) bond motifs is 7. The van der Waals surface area contributed by atoms with Gasteiger partial charge in [0, 0.05) is 29.6 Å². The Labute approximate surface area is 181 Å².